The lowest BCUT2D eigenvalue weighted by atomic mass is 10.0. The van der Waals surface area contributed by atoms with Gasteiger partial charge in [0.1, 0.15) is 6.04 Å². The Morgan fingerprint density at radius 2 is 1.61 bits per heavy atom. The number of nitrogens with one attached hydrogen (secondary N) is 4. The quantitative estimate of drug-likeness (QED) is 0.553. The molecule has 0 aromatic heterocycles. The molecule has 148 valence electrons. The Kier molecular flexibility index (Phi) is 7.66. The Morgan fingerprint density at radius 3 is 2.25 bits per heavy atom. The number of amides is 4. The van der Waals surface area contributed by atoms with Gasteiger partial charge in [-0.2, -0.15) is 0 Å². The maximum Gasteiger partial charge on any atom is 0.319 e. The van der Waals surface area contributed by atoms with Crippen molar-refractivity contribution in [2.24, 2.45) is 5.92 Å². The molecule has 9 heteroatoms. The predicted octanol–water partition coefficient (Wildman–Crippen LogP) is 3.60. The minimum Gasteiger partial charge on any atom is -0.326 e. The molecule has 0 radical (unpaired) electrons. The maximum atomic E-state index is 12.4. The largest absolute Gasteiger partial charge is 0.326 e. The molecule has 0 aliphatic carbocycles. The van der Waals surface area contributed by atoms with Crippen molar-refractivity contribution >= 4 is 46.7 Å². The highest BCUT2D eigenvalue weighted by Gasteiger charge is 2.25. The number of benzene rings is 2. The van der Waals surface area contributed by atoms with Gasteiger partial charge < -0.3 is 10.6 Å². The molecule has 2 aromatic rings. The van der Waals surface area contributed by atoms with Crippen LogP contribution in [0, 0.1) is 5.92 Å². The molecule has 4 N–H and O–H groups in total. The summed E-state index contributed by atoms with van der Waals surface area (Å²) >= 11 is 11.8. The third-order valence-electron chi connectivity index (χ3n) is 3.74. The number of urea groups is 1. The first kappa shape index (κ1) is 21.5. The van der Waals surface area contributed by atoms with Gasteiger partial charge in [0.2, 0.25) is 0 Å². The summed E-state index contributed by atoms with van der Waals surface area (Å²) in [6.07, 6.45) is 0. The molecule has 2 rings (SSSR count). The van der Waals surface area contributed by atoms with E-state index in [9.17, 15) is 14.4 Å². The molecule has 0 spiro atoms. The molecule has 0 heterocycles. The number of hydrogen-bond acceptors (Lipinski definition) is 3. The van der Waals surface area contributed by atoms with Crippen LogP contribution < -0.4 is 21.5 Å². The number of anilines is 1. The van der Waals surface area contributed by atoms with Crippen molar-refractivity contribution in [3.8, 4) is 0 Å². The van der Waals surface area contributed by atoms with E-state index >= 15 is 0 Å². The van der Waals surface area contributed by atoms with Crippen LogP contribution in [0.2, 0.25) is 10.0 Å². The number of carbonyl (C=O) groups excluding carboxylic acids is 3. The van der Waals surface area contributed by atoms with Crippen LogP contribution in [-0.4, -0.2) is 23.9 Å². The van der Waals surface area contributed by atoms with E-state index < -0.39 is 23.9 Å². The molecular formula is C19H20Cl2N4O3. The molecule has 0 aliphatic rings. The van der Waals surface area contributed by atoms with Crippen molar-refractivity contribution in [3.63, 3.8) is 0 Å². The fourth-order valence-corrected chi connectivity index (χ4v) is 2.68. The highest BCUT2D eigenvalue weighted by molar-refractivity contribution is 6.35. The second-order valence-corrected chi connectivity index (χ2v) is 7.10. The minimum atomic E-state index is -0.876. The zero-order valence-corrected chi connectivity index (χ0v) is 16.8. The van der Waals surface area contributed by atoms with E-state index in [1.54, 1.807) is 44.2 Å². The van der Waals surface area contributed by atoms with Crippen LogP contribution in [0.25, 0.3) is 0 Å². The summed E-state index contributed by atoms with van der Waals surface area (Å²) in [4.78, 5) is 36.8. The smallest absolute Gasteiger partial charge is 0.319 e. The molecule has 0 fully saturated rings. The highest BCUT2D eigenvalue weighted by atomic mass is 35.5. The Hall–Kier alpha value is -2.77. The lowest BCUT2D eigenvalue weighted by Crippen LogP contribution is -2.55. The standard InChI is InChI=1S/C19H20Cl2N4O3/c1-11(2)16(23-19(28)22-13-6-4-3-5-7-13)18(27)25-24-17(26)14-10-12(20)8-9-15(14)21/h3-11,16H,1-2H3,(H,24,26)(H,25,27)(H2,22,23,28). The zero-order chi connectivity index (χ0) is 20.7. The topological polar surface area (TPSA) is 99.3 Å². The van der Waals surface area contributed by atoms with Gasteiger partial charge in [0, 0.05) is 10.7 Å². The van der Waals surface area contributed by atoms with Gasteiger partial charge in [-0.3, -0.25) is 20.4 Å². The van der Waals surface area contributed by atoms with Gasteiger partial charge in [0.25, 0.3) is 11.8 Å². The van der Waals surface area contributed by atoms with E-state index in [-0.39, 0.29) is 16.5 Å². The Morgan fingerprint density at radius 1 is 0.929 bits per heavy atom. The molecule has 1 atom stereocenters. The summed E-state index contributed by atoms with van der Waals surface area (Å²) in [5.74, 6) is -1.44. The molecule has 0 bridgehead atoms. The van der Waals surface area contributed by atoms with Crippen LogP contribution in [0.15, 0.2) is 48.5 Å². The number of carbonyl (C=O) groups is 3. The summed E-state index contributed by atoms with van der Waals surface area (Å²) in [7, 11) is 0. The minimum absolute atomic E-state index is 0.116. The molecule has 7 nitrogen and oxygen atoms in total. The SMILES string of the molecule is CC(C)C(NC(=O)Nc1ccccc1)C(=O)NNC(=O)c1cc(Cl)ccc1Cl. The first-order valence-corrected chi connectivity index (χ1v) is 9.21. The summed E-state index contributed by atoms with van der Waals surface area (Å²) in [5, 5.41) is 5.75. The summed E-state index contributed by atoms with van der Waals surface area (Å²) < 4.78 is 0. The molecule has 1 unspecified atom stereocenters. The van der Waals surface area contributed by atoms with Gasteiger partial charge in [-0.15, -0.1) is 0 Å². The van der Waals surface area contributed by atoms with Crippen molar-refractivity contribution in [2.75, 3.05) is 5.32 Å². The summed E-state index contributed by atoms with van der Waals surface area (Å²) in [6, 6.07) is 11.8. The van der Waals surface area contributed by atoms with Crippen LogP contribution in [0.1, 0.15) is 24.2 Å². The van der Waals surface area contributed by atoms with Gasteiger partial charge in [0.15, 0.2) is 0 Å². The normalized spacial score (nSPS) is 11.5. The highest BCUT2D eigenvalue weighted by Crippen LogP contribution is 2.20. The summed E-state index contributed by atoms with van der Waals surface area (Å²) in [6.45, 7) is 3.53. The lowest BCUT2D eigenvalue weighted by Gasteiger charge is -2.22. The van der Waals surface area contributed by atoms with Gasteiger partial charge in [0.05, 0.1) is 10.6 Å². The van der Waals surface area contributed by atoms with E-state index in [1.807, 2.05) is 6.07 Å². The van der Waals surface area contributed by atoms with E-state index in [0.29, 0.717) is 10.7 Å². The number of hydrazine groups is 1. The van der Waals surface area contributed by atoms with Crippen LogP contribution in [-0.2, 0) is 4.79 Å². The van der Waals surface area contributed by atoms with E-state index in [1.165, 1.54) is 12.1 Å². The molecule has 2 aromatic carbocycles. The van der Waals surface area contributed by atoms with Crippen molar-refractivity contribution in [2.45, 2.75) is 19.9 Å². The molecular weight excluding hydrogens is 403 g/mol. The van der Waals surface area contributed by atoms with Gasteiger partial charge >= 0.3 is 6.03 Å². The Bertz CT molecular complexity index is 860. The summed E-state index contributed by atoms with van der Waals surface area (Å²) in [5.41, 5.74) is 5.27. The first-order chi connectivity index (χ1) is 13.3. The lowest BCUT2D eigenvalue weighted by molar-refractivity contribution is -0.124. The fourth-order valence-electron chi connectivity index (χ4n) is 2.30. The molecule has 4 amide bonds. The van der Waals surface area contributed by atoms with Gasteiger partial charge in [-0.05, 0) is 36.2 Å². The average Bonchev–Trinajstić information content (AvgIpc) is 2.66. The fraction of sp³-hybridized carbons (Fsp3) is 0.211. The van der Waals surface area contributed by atoms with E-state index in [0.717, 1.165) is 0 Å². The van der Waals surface area contributed by atoms with Crippen molar-refractivity contribution in [3.05, 3.63) is 64.1 Å². The molecule has 0 saturated carbocycles. The monoisotopic (exact) mass is 422 g/mol. The second kappa shape index (κ2) is 9.96. The molecule has 0 saturated heterocycles. The number of para-hydroxylation sites is 1. The van der Waals surface area contributed by atoms with Crippen LogP contribution in [0.5, 0.6) is 0 Å². The zero-order valence-electron chi connectivity index (χ0n) is 15.3. The second-order valence-electron chi connectivity index (χ2n) is 6.25. The van der Waals surface area contributed by atoms with Crippen LogP contribution in [0.3, 0.4) is 0 Å². The molecule has 0 aliphatic heterocycles. The maximum absolute atomic E-state index is 12.4. The number of halogens is 2. The predicted molar refractivity (Wildman–Crippen MR) is 109 cm³/mol. The van der Waals surface area contributed by atoms with Crippen molar-refractivity contribution < 1.29 is 14.4 Å². The Labute approximate surface area is 172 Å². The van der Waals surface area contributed by atoms with Crippen molar-refractivity contribution in [1.82, 2.24) is 16.2 Å². The average molecular weight is 423 g/mol. The number of hydrogen-bond donors (Lipinski definition) is 4. The van der Waals surface area contributed by atoms with E-state index in [2.05, 4.69) is 21.5 Å². The van der Waals surface area contributed by atoms with Crippen LogP contribution in [0.4, 0.5) is 10.5 Å². The third-order valence-corrected chi connectivity index (χ3v) is 4.30. The number of rotatable bonds is 5. The van der Waals surface area contributed by atoms with Gasteiger partial charge in [-0.1, -0.05) is 55.2 Å². The van der Waals surface area contributed by atoms with Crippen molar-refractivity contribution in [1.29, 1.82) is 0 Å². The molecule has 28 heavy (non-hydrogen) atoms. The Balaban J connectivity index is 1.96. The first-order valence-electron chi connectivity index (χ1n) is 8.45. The van der Waals surface area contributed by atoms with Gasteiger partial charge in [-0.25, -0.2) is 4.79 Å². The van der Waals surface area contributed by atoms with Crippen LogP contribution >= 0.6 is 23.2 Å². The third kappa shape index (κ3) is 6.14. The van der Waals surface area contributed by atoms with E-state index in [4.69, 9.17) is 23.2 Å².